The van der Waals surface area contributed by atoms with Gasteiger partial charge >= 0.3 is 0 Å². The van der Waals surface area contributed by atoms with E-state index in [0.717, 1.165) is 39.1 Å². The number of hydrogen-bond donors (Lipinski definition) is 2. The molecule has 8 nitrogen and oxygen atoms in total. The van der Waals surface area contributed by atoms with Gasteiger partial charge in [0.05, 0.1) is 16.9 Å². The van der Waals surface area contributed by atoms with E-state index in [2.05, 4.69) is 30.1 Å². The van der Waals surface area contributed by atoms with Crippen LogP contribution in [0.4, 0.5) is 0 Å². The standard InChI is InChI=1S/C22H14N8/c1-2-10-24-15(5-1)16-6-7-17-19(26-16)20(30-29-17)22-27-18-14(8-11-25-21(18)28-22)13-4-3-9-23-12-13/h1-12H,(H,29,30)(H,25,27,28). The van der Waals surface area contributed by atoms with Gasteiger partial charge in [-0.3, -0.25) is 15.1 Å². The van der Waals surface area contributed by atoms with Gasteiger partial charge in [0.25, 0.3) is 0 Å². The summed E-state index contributed by atoms with van der Waals surface area (Å²) in [6.45, 7) is 0. The lowest BCUT2D eigenvalue weighted by Gasteiger charge is -2.00. The Labute approximate surface area is 170 Å². The van der Waals surface area contributed by atoms with Crippen LogP contribution >= 0.6 is 0 Å². The van der Waals surface area contributed by atoms with Crippen LogP contribution in [-0.4, -0.2) is 40.1 Å². The van der Waals surface area contributed by atoms with Crippen molar-refractivity contribution in [3.63, 3.8) is 0 Å². The fraction of sp³-hybridized carbons (Fsp3) is 0. The number of aromatic amines is 2. The van der Waals surface area contributed by atoms with Crippen LogP contribution in [0.25, 0.3) is 56.2 Å². The fourth-order valence-electron chi connectivity index (χ4n) is 3.50. The molecule has 0 aliphatic heterocycles. The summed E-state index contributed by atoms with van der Waals surface area (Å²) >= 11 is 0. The first-order valence-electron chi connectivity index (χ1n) is 9.39. The molecular weight excluding hydrogens is 376 g/mol. The Hall–Kier alpha value is -4.46. The van der Waals surface area contributed by atoms with Gasteiger partial charge in [0, 0.05) is 35.9 Å². The molecule has 0 bridgehead atoms. The maximum Gasteiger partial charge on any atom is 0.162 e. The third-order valence-corrected chi connectivity index (χ3v) is 4.92. The second-order valence-corrected chi connectivity index (χ2v) is 6.76. The van der Waals surface area contributed by atoms with Crippen molar-refractivity contribution in [1.29, 1.82) is 0 Å². The molecule has 6 heterocycles. The van der Waals surface area contributed by atoms with Gasteiger partial charge in [-0.05, 0) is 36.4 Å². The van der Waals surface area contributed by atoms with Crippen LogP contribution in [0.15, 0.2) is 73.3 Å². The van der Waals surface area contributed by atoms with E-state index >= 15 is 0 Å². The van der Waals surface area contributed by atoms with Crippen LogP contribution in [0, 0.1) is 0 Å². The van der Waals surface area contributed by atoms with Crippen molar-refractivity contribution in [2.75, 3.05) is 0 Å². The Kier molecular flexibility index (Phi) is 3.60. The number of imidazole rings is 1. The third kappa shape index (κ3) is 2.62. The topological polar surface area (TPSA) is 109 Å². The highest BCUT2D eigenvalue weighted by atomic mass is 15.2. The Morgan fingerprint density at radius 3 is 2.60 bits per heavy atom. The van der Waals surface area contributed by atoms with Crippen molar-refractivity contribution in [3.8, 4) is 34.0 Å². The van der Waals surface area contributed by atoms with E-state index < -0.39 is 0 Å². The van der Waals surface area contributed by atoms with Crippen LogP contribution in [0.1, 0.15) is 0 Å². The minimum atomic E-state index is 0.603. The second kappa shape index (κ2) is 6.56. The molecule has 6 aromatic heterocycles. The fourth-order valence-corrected chi connectivity index (χ4v) is 3.50. The van der Waals surface area contributed by atoms with E-state index in [1.165, 1.54) is 0 Å². The molecule has 8 heteroatoms. The largest absolute Gasteiger partial charge is 0.321 e. The molecule has 0 radical (unpaired) electrons. The number of nitrogens with one attached hydrogen (secondary N) is 2. The number of pyridine rings is 4. The first-order valence-corrected chi connectivity index (χ1v) is 9.39. The van der Waals surface area contributed by atoms with Crippen molar-refractivity contribution in [1.82, 2.24) is 40.1 Å². The molecule has 0 aliphatic rings. The van der Waals surface area contributed by atoms with Gasteiger partial charge in [-0.15, -0.1) is 0 Å². The molecule has 142 valence electrons. The highest BCUT2D eigenvalue weighted by Gasteiger charge is 2.17. The minimum absolute atomic E-state index is 0.603. The minimum Gasteiger partial charge on any atom is -0.321 e. The van der Waals surface area contributed by atoms with Crippen LogP contribution in [0.2, 0.25) is 0 Å². The molecule has 0 aromatic carbocycles. The van der Waals surface area contributed by atoms with Gasteiger partial charge in [0.2, 0.25) is 0 Å². The van der Waals surface area contributed by atoms with E-state index in [0.29, 0.717) is 17.2 Å². The molecule has 0 atom stereocenters. The molecule has 0 fully saturated rings. The summed E-state index contributed by atoms with van der Waals surface area (Å²) < 4.78 is 0. The predicted molar refractivity (Wildman–Crippen MR) is 113 cm³/mol. The number of aromatic nitrogens is 8. The van der Waals surface area contributed by atoms with E-state index in [-0.39, 0.29) is 0 Å². The zero-order valence-electron chi connectivity index (χ0n) is 15.6. The van der Waals surface area contributed by atoms with Crippen LogP contribution in [0.3, 0.4) is 0 Å². The Balaban J connectivity index is 1.52. The van der Waals surface area contributed by atoms with Crippen LogP contribution < -0.4 is 0 Å². The maximum atomic E-state index is 4.80. The van der Waals surface area contributed by atoms with Crippen molar-refractivity contribution in [2.24, 2.45) is 0 Å². The SMILES string of the molecule is c1ccc(-c2ccc3[nH]nc(-c4nc5c(-c6cccnc6)ccnc5[nH]4)c3n2)nc1. The summed E-state index contributed by atoms with van der Waals surface area (Å²) in [4.78, 5) is 25.9. The Bertz CT molecular complexity index is 1490. The number of fused-ring (bicyclic) bond motifs is 2. The summed E-state index contributed by atoms with van der Waals surface area (Å²) in [5.41, 5.74) is 7.14. The average molecular weight is 390 g/mol. The molecular formula is C22H14N8. The normalized spacial score (nSPS) is 11.3. The lowest BCUT2D eigenvalue weighted by Crippen LogP contribution is -1.88. The smallest absolute Gasteiger partial charge is 0.162 e. The number of hydrogen-bond acceptors (Lipinski definition) is 6. The number of nitrogens with zero attached hydrogens (tertiary/aromatic N) is 6. The average Bonchev–Trinajstić information content (AvgIpc) is 3.43. The number of rotatable bonds is 3. The molecule has 0 spiro atoms. The molecule has 6 rings (SSSR count). The van der Waals surface area contributed by atoms with Gasteiger partial charge in [0.1, 0.15) is 11.0 Å². The number of H-pyrrole nitrogens is 2. The maximum absolute atomic E-state index is 4.80. The highest BCUT2D eigenvalue weighted by molar-refractivity contribution is 5.94. The summed E-state index contributed by atoms with van der Waals surface area (Å²) in [5.74, 6) is 0.603. The summed E-state index contributed by atoms with van der Waals surface area (Å²) in [7, 11) is 0. The first-order chi connectivity index (χ1) is 14.9. The van der Waals surface area contributed by atoms with Gasteiger partial charge < -0.3 is 4.98 Å². The lowest BCUT2D eigenvalue weighted by molar-refractivity contribution is 1.10. The summed E-state index contributed by atoms with van der Waals surface area (Å²) in [5, 5.41) is 7.49. The molecule has 2 N–H and O–H groups in total. The Morgan fingerprint density at radius 1 is 0.733 bits per heavy atom. The molecule has 0 saturated carbocycles. The molecule has 6 aromatic rings. The quantitative estimate of drug-likeness (QED) is 0.472. The van der Waals surface area contributed by atoms with Crippen molar-refractivity contribution in [2.45, 2.75) is 0 Å². The predicted octanol–water partition coefficient (Wildman–Crippen LogP) is 4.02. The molecule has 0 amide bonds. The van der Waals surface area contributed by atoms with Gasteiger partial charge in [-0.2, -0.15) is 5.10 Å². The molecule has 0 aliphatic carbocycles. The van der Waals surface area contributed by atoms with Crippen molar-refractivity contribution < 1.29 is 0 Å². The van der Waals surface area contributed by atoms with E-state index in [9.17, 15) is 0 Å². The lowest BCUT2D eigenvalue weighted by atomic mass is 10.1. The monoisotopic (exact) mass is 390 g/mol. The molecule has 0 saturated heterocycles. The summed E-state index contributed by atoms with van der Waals surface area (Å²) in [6.07, 6.45) is 7.07. The molecule has 0 unspecified atom stereocenters. The van der Waals surface area contributed by atoms with Gasteiger partial charge in [-0.1, -0.05) is 12.1 Å². The van der Waals surface area contributed by atoms with Crippen LogP contribution in [0.5, 0.6) is 0 Å². The van der Waals surface area contributed by atoms with Crippen molar-refractivity contribution in [3.05, 3.63) is 73.3 Å². The van der Waals surface area contributed by atoms with E-state index in [4.69, 9.17) is 9.97 Å². The second-order valence-electron chi connectivity index (χ2n) is 6.76. The zero-order valence-corrected chi connectivity index (χ0v) is 15.6. The first kappa shape index (κ1) is 16.5. The Morgan fingerprint density at radius 2 is 1.73 bits per heavy atom. The highest BCUT2D eigenvalue weighted by Crippen LogP contribution is 2.30. The third-order valence-electron chi connectivity index (χ3n) is 4.92. The van der Waals surface area contributed by atoms with E-state index in [1.807, 2.05) is 54.7 Å². The van der Waals surface area contributed by atoms with E-state index in [1.54, 1.807) is 18.6 Å². The van der Waals surface area contributed by atoms with Crippen molar-refractivity contribution >= 4 is 22.2 Å². The van der Waals surface area contributed by atoms with Gasteiger partial charge in [0.15, 0.2) is 17.2 Å². The summed E-state index contributed by atoms with van der Waals surface area (Å²) in [6, 6.07) is 15.5. The zero-order chi connectivity index (χ0) is 19.9. The van der Waals surface area contributed by atoms with Crippen LogP contribution in [-0.2, 0) is 0 Å². The van der Waals surface area contributed by atoms with Gasteiger partial charge in [-0.25, -0.2) is 15.0 Å². The molecule has 30 heavy (non-hydrogen) atoms.